The lowest BCUT2D eigenvalue weighted by atomic mass is 10.1. The first-order valence-electron chi connectivity index (χ1n) is 7.30. The number of hydrogen-bond donors (Lipinski definition) is 0. The summed E-state index contributed by atoms with van der Waals surface area (Å²) in [6.07, 6.45) is 0. The first kappa shape index (κ1) is 16.7. The highest BCUT2D eigenvalue weighted by Crippen LogP contribution is 2.40. The zero-order valence-corrected chi connectivity index (χ0v) is 14.8. The van der Waals surface area contributed by atoms with Gasteiger partial charge in [0.05, 0.1) is 15.3 Å². The molecule has 0 aliphatic carbocycles. The molecule has 24 heavy (non-hydrogen) atoms. The molecule has 0 atom stereocenters. The molecule has 5 nitrogen and oxygen atoms in total. The van der Waals surface area contributed by atoms with Gasteiger partial charge in [0.2, 0.25) is 5.91 Å². The fraction of sp³-hybridized carbons (Fsp3) is 0.176. The van der Waals surface area contributed by atoms with E-state index in [4.69, 9.17) is 0 Å². The lowest BCUT2D eigenvalue weighted by Crippen LogP contribution is -2.36. The molecule has 7 heteroatoms. The predicted molar refractivity (Wildman–Crippen MR) is 96.7 cm³/mol. The number of amidine groups is 1. The molecule has 0 saturated carbocycles. The van der Waals surface area contributed by atoms with E-state index < -0.39 is 14.8 Å². The largest absolute Gasteiger partial charge is 0.284 e. The average molecular weight is 360 g/mol. The van der Waals surface area contributed by atoms with Gasteiger partial charge in [-0.1, -0.05) is 48.2 Å². The van der Waals surface area contributed by atoms with Crippen LogP contribution >= 0.6 is 11.8 Å². The zero-order valence-electron chi connectivity index (χ0n) is 13.2. The number of sulfonamides is 1. The molecule has 1 aliphatic heterocycles. The van der Waals surface area contributed by atoms with Crippen LogP contribution in [0.5, 0.6) is 0 Å². The van der Waals surface area contributed by atoms with Gasteiger partial charge in [-0.05, 0) is 38.1 Å². The van der Waals surface area contributed by atoms with E-state index in [9.17, 15) is 13.2 Å². The summed E-state index contributed by atoms with van der Waals surface area (Å²) in [4.78, 5) is 14.2. The maximum atomic E-state index is 12.7. The van der Waals surface area contributed by atoms with Gasteiger partial charge in [0, 0.05) is 0 Å². The molecular weight excluding hydrogens is 344 g/mol. The lowest BCUT2D eigenvalue weighted by Gasteiger charge is -2.17. The Morgan fingerprint density at radius 2 is 1.50 bits per heavy atom. The van der Waals surface area contributed by atoms with E-state index in [0.29, 0.717) is 5.69 Å². The summed E-state index contributed by atoms with van der Waals surface area (Å²) in [5, 5.41) is 0.167. The Morgan fingerprint density at radius 1 is 0.958 bits per heavy atom. The van der Waals surface area contributed by atoms with Gasteiger partial charge < -0.3 is 0 Å². The summed E-state index contributed by atoms with van der Waals surface area (Å²) in [5.74, 6) is -0.194. The first-order chi connectivity index (χ1) is 11.3. The van der Waals surface area contributed by atoms with E-state index in [1.165, 1.54) is 17.0 Å². The second-order valence-electron chi connectivity index (χ2n) is 5.75. The molecule has 1 amide bonds. The SMILES string of the molecule is CC1(C)S/C(=N\S(=O)(=O)c2ccccc2)N(c2ccccc2)C1=O. The van der Waals surface area contributed by atoms with E-state index in [1.54, 1.807) is 56.3 Å². The molecule has 0 unspecified atom stereocenters. The van der Waals surface area contributed by atoms with Gasteiger partial charge >= 0.3 is 0 Å². The lowest BCUT2D eigenvalue weighted by molar-refractivity contribution is -0.118. The zero-order chi connectivity index (χ0) is 17.4. The molecule has 0 bridgehead atoms. The van der Waals surface area contributed by atoms with Crippen LogP contribution < -0.4 is 4.90 Å². The van der Waals surface area contributed by atoms with Crippen LogP contribution in [0.3, 0.4) is 0 Å². The van der Waals surface area contributed by atoms with Gasteiger partial charge in [-0.3, -0.25) is 9.69 Å². The third-order valence-electron chi connectivity index (χ3n) is 3.51. The number of hydrogen-bond acceptors (Lipinski definition) is 4. The minimum absolute atomic E-state index is 0.100. The van der Waals surface area contributed by atoms with E-state index in [-0.39, 0.29) is 16.0 Å². The summed E-state index contributed by atoms with van der Waals surface area (Å²) in [7, 11) is -3.88. The maximum Gasteiger partial charge on any atom is 0.284 e. The molecule has 1 heterocycles. The van der Waals surface area contributed by atoms with Crippen LogP contribution in [-0.2, 0) is 14.8 Å². The quantitative estimate of drug-likeness (QED) is 0.842. The number of nitrogens with zero attached hydrogens (tertiary/aromatic N) is 2. The Hall–Kier alpha value is -2.12. The molecule has 124 valence electrons. The van der Waals surface area contributed by atoms with Crippen molar-refractivity contribution in [1.29, 1.82) is 0 Å². The van der Waals surface area contributed by atoms with Crippen molar-refractivity contribution in [1.82, 2.24) is 0 Å². The van der Waals surface area contributed by atoms with Crippen molar-refractivity contribution < 1.29 is 13.2 Å². The molecule has 0 spiro atoms. The third kappa shape index (κ3) is 3.09. The number of para-hydroxylation sites is 1. The van der Waals surface area contributed by atoms with Crippen molar-refractivity contribution in [2.24, 2.45) is 4.40 Å². The third-order valence-corrected chi connectivity index (χ3v) is 6.05. The Labute approximate surface area is 145 Å². The van der Waals surface area contributed by atoms with Gasteiger partial charge in [0.15, 0.2) is 5.17 Å². The summed E-state index contributed by atoms with van der Waals surface area (Å²) in [6.45, 7) is 3.52. The van der Waals surface area contributed by atoms with Crippen LogP contribution in [0.4, 0.5) is 5.69 Å². The Balaban J connectivity index is 2.09. The van der Waals surface area contributed by atoms with E-state index >= 15 is 0 Å². The Bertz CT molecular complexity index is 892. The van der Waals surface area contributed by atoms with Crippen molar-refractivity contribution in [3.63, 3.8) is 0 Å². The Morgan fingerprint density at radius 3 is 2.08 bits per heavy atom. The second kappa shape index (κ2) is 6.07. The molecule has 0 N–H and O–H groups in total. The summed E-state index contributed by atoms with van der Waals surface area (Å²) in [5.41, 5.74) is 0.600. The summed E-state index contributed by atoms with van der Waals surface area (Å²) in [6, 6.07) is 16.9. The number of carbonyl (C=O) groups excluding carboxylic acids is 1. The number of benzene rings is 2. The minimum Gasteiger partial charge on any atom is -0.272 e. The van der Waals surface area contributed by atoms with Crippen LogP contribution in [0.25, 0.3) is 0 Å². The molecule has 1 saturated heterocycles. The van der Waals surface area contributed by atoms with Crippen molar-refractivity contribution >= 4 is 38.5 Å². The monoisotopic (exact) mass is 360 g/mol. The highest BCUT2D eigenvalue weighted by atomic mass is 32.2. The van der Waals surface area contributed by atoms with E-state index in [0.717, 1.165) is 11.8 Å². The van der Waals surface area contributed by atoms with Crippen molar-refractivity contribution in [2.45, 2.75) is 23.5 Å². The summed E-state index contributed by atoms with van der Waals surface area (Å²) < 4.78 is 28.2. The fourth-order valence-electron chi connectivity index (χ4n) is 2.29. The van der Waals surface area contributed by atoms with Gasteiger partial charge in [0.1, 0.15) is 0 Å². The van der Waals surface area contributed by atoms with Crippen molar-refractivity contribution in [3.8, 4) is 0 Å². The van der Waals surface area contributed by atoms with Crippen LogP contribution in [0.2, 0.25) is 0 Å². The highest BCUT2D eigenvalue weighted by molar-refractivity contribution is 8.17. The van der Waals surface area contributed by atoms with Crippen LogP contribution in [0.1, 0.15) is 13.8 Å². The predicted octanol–water partition coefficient (Wildman–Crippen LogP) is 3.29. The molecule has 0 radical (unpaired) electrons. The molecule has 1 aliphatic rings. The molecule has 2 aromatic carbocycles. The number of carbonyl (C=O) groups is 1. The number of amides is 1. The van der Waals surface area contributed by atoms with Gasteiger partial charge in [0.25, 0.3) is 10.0 Å². The maximum absolute atomic E-state index is 12.7. The number of anilines is 1. The molecule has 2 aromatic rings. The smallest absolute Gasteiger partial charge is 0.272 e. The number of rotatable bonds is 3. The Kier molecular flexibility index (Phi) is 4.23. The normalized spacial score (nSPS) is 19.0. The average Bonchev–Trinajstić information content (AvgIpc) is 2.77. The van der Waals surface area contributed by atoms with E-state index in [2.05, 4.69) is 4.40 Å². The molecule has 1 fully saturated rings. The highest BCUT2D eigenvalue weighted by Gasteiger charge is 2.46. The van der Waals surface area contributed by atoms with Crippen molar-refractivity contribution in [3.05, 3.63) is 60.7 Å². The van der Waals surface area contributed by atoms with Crippen LogP contribution in [0.15, 0.2) is 70.0 Å². The minimum atomic E-state index is -3.88. The van der Waals surface area contributed by atoms with E-state index in [1.807, 2.05) is 6.07 Å². The molecular formula is C17H16N2O3S2. The molecule has 3 rings (SSSR count). The first-order valence-corrected chi connectivity index (χ1v) is 9.55. The van der Waals surface area contributed by atoms with Crippen LogP contribution in [-0.4, -0.2) is 24.2 Å². The number of thioether (sulfide) groups is 1. The second-order valence-corrected chi connectivity index (χ2v) is 8.94. The fourth-order valence-corrected chi connectivity index (χ4v) is 4.54. The van der Waals surface area contributed by atoms with Gasteiger partial charge in [-0.15, -0.1) is 4.40 Å². The topological polar surface area (TPSA) is 66.8 Å². The summed E-state index contributed by atoms with van der Waals surface area (Å²) >= 11 is 1.15. The molecule has 0 aromatic heterocycles. The van der Waals surface area contributed by atoms with Crippen molar-refractivity contribution in [2.75, 3.05) is 4.90 Å². The van der Waals surface area contributed by atoms with Gasteiger partial charge in [-0.2, -0.15) is 8.42 Å². The standard InChI is InChI=1S/C17H16N2O3S2/c1-17(2)15(20)19(13-9-5-3-6-10-13)16(23-17)18-24(21,22)14-11-7-4-8-12-14/h3-12H,1-2H3/b18-16-. The van der Waals surface area contributed by atoms with Crippen LogP contribution in [0, 0.1) is 0 Å². The van der Waals surface area contributed by atoms with Gasteiger partial charge in [-0.25, -0.2) is 0 Å².